The lowest BCUT2D eigenvalue weighted by Crippen LogP contribution is -2.69. The van der Waals surface area contributed by atoms with Crippen LogP contribution in [0.3, 0.4) is 0 Å². The maximum absolute atomic E-state index is 13.2. The number of ether oxygens (including phenoxy) is 6. The number of carboxylic acids is 1. The van der Waals surface area contributed by atoms with Gasteiger partial charge in [-0.05, 0) is 137 Å². The Bertz CT molecular complexity index is 1810. The van der Waals surface area contributed by atoms with Gasteiger partial charge in [-0.25, -0.2) is 13.2 Å². The first kappa shape index (κ1) is 54.5. The highest BCUT2D eigenvalue weighted by molar-refractivity contribution is 7.91. The van der Waals surface area contributed by atoms with E-state index >= 15 is 0 Å². The Morgan fingerprint density at radius 2 is 1.40 bits per heavy atom. The molecule has 14 nitrogen and oxygen atoms in total. The number of nitrogens with one attached hydrogen (secondary N) is 1. The minimum atomic E-state index is -3.12. The van der Waals surface area contributed by atoms with Gasteiger partial charge in [-0.2, -0.15) is 0 Å². The predicted octanol–water partition coefficient (Wildman–Crippen LogP) is 7.21. The Morgan fingerprint density at radius 3 is 2.03 bits per heavy atom. The van der Waals surface area contributed by atoms with Crippen molar-refractivity contribution >= 4 is 27.7 Å². The normalized spacial score (nSPS) is 36.8. The molecule has 6 rings (SSSR count). The molecule has 0 aromatic heterocycles. The molecule has 5 aliphatic carbocycles. The fraction of sp³-hybridized carbons (Fsp3) is 0.942. The highest BCUT2D eigenvalue weighted by atomic mass is 32.2. The number of carbonyl (C=O) groups excluding carboxylic acids is 2. The average molecular weight is 967 g/mol. The third-order valence-electron chi connectivity index (χ3n) is 19.5. The second-order valence-electron chi connectivity index (χ2n) is 24.1. The predicted molar refractivity (Wildman–Crippen MR) is 257 cm³/mol. The van der Waals surface area contributed by atoms with E-state index in [2.05, 4.69) is 58.7 Å². The molecule has 0 aromatic rings. The van der Waals surface area contributed by atoms with Crippen molar-refractivity contribution in [1.29, 1.82) is 0 Å². The van der Waals surface area contributed by atoms with Crippen molar-refractivity contribution < 1.29 is 56.3 Å². The van der Waals surface area contributed by atoms with Crippen LogP contribution in [-0.4, -0.2) is 145 Å². The summed E-state index contributed by atoms with van der Waals surface area (Å²) >= 11 is 0. The van der Waals surface area contributed by atoms with Crippen molar-refractivity contribution in [3.63, 3.8) is 0 Å². The first-order valence-electron chi connectivity index (χ1n) is 25.9. The smallest absolute Gasteiger partial charge is 0.332 e. The van der Waals surface area contributed by atoms with Crippen LogP contribution >= 0.6 is 0 Å². The zero-order valence-corrected chi connectivity index (χ0v) is 44.1. The standard InChI is InChI=1S/C52H90N2O12S/c1-35(2)37-14-19-52(53-33-39(54-22-30-67(59,60)31-23-54)36(3)65-44(56)34-64-29-28-63-27-26-62-25-24-61-11)21-20-50(9)38(45(37)52)12-13-41-49(8)17-16-42(66-43(55)32-47(4,5)46(57)58)48(6,7)40(49)15-18-51(41,50)10/h35-42,45,53H,12-34H2,1-11H3,(H,57,58)/t36-,37+,38-,39-,40+,41-,42+,45-,49+,50-,51-,52+/m1/s1. The van der Waals surface area contributed by atoms with Gasteiger partial charge in [-0.3, -0.25) is 14.5 Å². The maximum Gasteiger partial charge on any atom is 0.332 e. The molecule has 5 saturated carbocycles. The van der Waals surface area contributed by atoms with Crippen LogP contribution < -0.4 is 5.32 Å². The van der Waals surface area contributed by atoms with Gasteiger partial charge in [0.05, 0.1) is 69.0 Å². The van der Waals surface area contributed by atoms with Crippen LogP contribution in [0.5, 0.6) is 0 Å². The molecule has 6 fully saturated rings. The topological polar surface area (TPSA) is 176 Å². The van der Waals surface area contributed by atoms with Crippen LogP contribution in [0.25, 0.3) is 0 Å². The van der Waals surface area contributed by atoms with E-state index in [1.54, 1.807) is 21.0 Å². The number of fused-ring (bicyclic) bond motifs is 7. The molecule has 0 unspecified atom stereocenters. The van der Waals surface area contributed by atoms with Crippen molar-refractivity contribution in [2.45, 2.75) is 164 Å². The number of nitrogens with zero attached hydrogens (tertiary/aromatic N) is 1. The minimum Gasteiger partial charge on any atom is -0.481 e. The maximum atomic E-state index is 13.2. The summed E-state index contributed by atoms with van der Waals surface area (Å²) in [6.45, 7) is 26.1. The zero-order chi connectivity index (χ0) is 49.2. The third kappa shape index (κ3) is 11.3. The highest BCUT2D eigenvalue weighted by Crippen LogP contribution is 2.76. The Labute approximate surface area is 403 Å². The Hall–Kier alpha value is -1.88. The number of methoxy groups -OCH3 is 1. The summed E-state index contributed by atoms with van der Waals surface area (Å²) in [5, 5.41) is 14.0. The minimum absolute atomic E-state index is 0.0652. The second kappa shape index (κ2) is 21.5. The molecule has 1 saturated heterocycles. The number of carbonyl (C=O) groups is 3. The average Bonchev–Trinajstić information content (AvgIpc) is 3.63. The van der Waals surface area contributed by atoms with Gasteiger partial charge in [0.25, 0.3) is 0 Å². The van der Waals surface area contributed by atoms with Gasteiger partial charge in [0, 0.05) is 37.7 Å². The van der Waals surface area contributed by atoms with E-state index in [-0.39, 0.29) is 70.5 Å². The molecule has 2 N–H and O–H groups in total. The van der Waals surface area contributed by atoms with Crippen molar-refractivity contribution in [2.75, 3.05) is 84.5 Å². The zero-order valence-electron chi connectivity index (χ0n) is 43.3. The fourth-order valence-corrected chi connectivity index (χ4v) is 16.8. The van der Waals surface area contributed by atoms with Crippen LogP contribution in [0.4, 0.5) is 0 Å². The third-order valence-corrected chi connectivity index (χ3v) is 21.1. The monoisotopic (exact) mass is 967 g/mol. The van der Waals surface area contributed by atoms with E-state index in [1.807, 2.05) is 6.92 Å². The van der Waals surface area contributed by atoms with Gasteiger partial charge in [0.15, 0.2) is 9.84 Å². The van der Waals surface area contributed by atoms with Crippen molar-refractivity contribution in [1.82, 2.24) is 10.2 Å². The van der Waals surface area contributed by atoms with Gasteiger partial charge in [0.1, 0.15) is 18.8 Å². The van der Waals surface area contributed by atoms with E-state index in [0.717, 1.165) is 44.9 Å². The van der Waals surface area contributed by atoms with E-state index in [9.17, 15) is 27.9 Å². The van der Waals surface area contributed by atoms with Crippen LogP contribution in [-0.2, 0) is 52.6 Å². The quantitative estimate of drug-likeness (QED) is 0.0823. The summed E-state index contributed by atoms with van der Waals surface area (Å²) in [5.74, 6) is 1.43. The molecule has 0 spiro atoms. The van der Waals surface area contributed by atoms with Crippen LogP contribution in [0, 0.1) is 62.6 Å². The molecule has 12 atom stereocenters. The number of sulfone groups is 1. The Morgan fingerprint density at radius 1 is 0.761 bits per heavy atom. The van der Waals surface area contributed by atoms with Gasteiger partial charge in [0.2, 0.25) is 0 Å². The molecule has 386 valence electrons. The molecule has 0 aromatic carbocycles. The molecule has 0 bridgehead atoms. The van der Waals surface area contributed by atoms with Crippen LogP contribution in [0.15, 0.2) is 0 Å². The van der Waals surface area contributed by atoms with Gasteiger partial charge in [-0.1, -0.05) is 48.5 Å². The summed E-state index contributed by atoms with van der Waals surface area (Å²) in [7, 11) is -1.49. The van der Waals surface area contributed by atoms with Gasteiger partial charge >= 0.3 is 17.9 Å². The first-order chi connectivity index (χ1) is 31.4. The largest absolute Gasteiger partial charge is 0.481 e. The Kier molecular flexibility index (Phi) is 17.4. The lowest BCUT2D eigenvalue weighted by atomic mass is 9.32. The molecule has 0 amide bonds. The number of rotatable bonds is 22. The molecular formula is C52H90N2O12S. The van der Waals surface area contributed by atoms with E-state index in [4.69, 9.17) is 28.4 Å². The van der Waals surface area contributed by atoms with Crippen molar-refractivity contribution in [2.24, 2.45) is 62.6 Å². The molecule has 0 radical (unpaired) electrons. The molecule has 6 aliphatic rings. The number of aliphatic carboxylic acids is 1. The Balaban J connectivity index is 1.15. The van der Waals surface area contributed by atoms with E-state index in [1.165, 1.54) is 19.3 Å². The molecule has 67 heavy (non-hydrogen) atoms. The van der Waals surface area contributed by atoms with E-state index in [0.29, 0.717) is 88.2 Å². The number of hydrogen-bond acceptors (Lipinski definition) is 13. The summed E-state index contributed by atoms with van der Waals surface area (Å²) in [5.41, 5.74) is -1.11. The number of hydrogen-bond donors (Lipinski definition) is 2. The van der Waals surface area contributed by atoms with Crippen molar-refractivity contribution in [3.05, 3.63) is 0 Å². The molecule has 15 heteroatoms. The molecule has 1 aliphatic heterocycles. The van der Waals surface area contributed by atoms with Gasteiger partial charge in [-0.15, -0.1) is 0 Å². The first-order valence-corrected chi connectivity index (χ1v) is 27.7. The summed E-state index contributed by atoms with van der Waals surface area (Å²) in [4.78, 5) is 40.5. The lowest BCUT2D eigenvalue weighted by Gasteiger charge is -2.73. The second-order valence-corrected chi connectivity index (χ2v) is 26.4. The van der Waals surface area contributed by atoms with Crippen LogP contribution in [0.2, 0.25) is 0 Å². The van der Waals surface area contributed by atoms with E-state index < -0.39 is 39.3 Å². The number of esters is 2. The fourth-order valence-electron chi connectivity index (χ4n) is 15.5. The lowest BCUT2D eigenvalue weighted by molar-refractivity contribution is -0.247. The summed E-state index contributed by atoms with van der Waals surface area (Å²) in [6, 6.07) is -0.202. The molecular weight excluding hydrogens is 877 g/mol. The van der Waals surface area contributed by atoms with Gasteiger partial charge < -0.3 is 38.8 Å². The highest BCUT2D eigenvalue weighted by Gasteiger charge is 2.71. The summed E-state index contributed by atoms with van der Waals surface area (Å²) < 4.78 is 59.1. The molecule has 1 heterocycles. The summed E-state index contributed by atoms with van der Waals surface area (Å²) in [6.07, 6.45) is 10.0. The number of carboxylic acid groups (broad SMARTS) is 1. The SMILES string of the molecule is COCCOCCOCCOCC(=O)O[C@H](C)[C@@H](CN[C@]12CC[C@@H](C(C)C)[C@@H]1[C@H]1CC[C@@H]3[C@@]4(C)CC[C@H](OC(=O)CC(C)(C)C(=O)O)C(C)(C)[C@@H]4CC[C@@]3(C)[C@]1(C)CC2)N1CCS(=O)(=O)CC1. The van der Waals surface area contributed by atoms with Crippen LogP contribution in [0.1, 0.15) is 140 Å². The van der Waals surface area contributed by atoms with Crippen molar-refractivity contribution in [3.8, 4) is 0 Å².